The van der Waals surface area contributed by atoms with E-state index in [9.17, 15) is 9.65 Å². The molecule has 0 saturated carbocycles. The fraction of sp³-hybridized carbons (Fsp3) is 0.414. The predicted octanol–water partition coefficient (Wildman–Crippen LogP) is 7.35. The van der Waals surface area contributed by atoms with Crippen molar-refractivity contribution in [2.75, 3.05) is 6.54 Å². The molecule has 0 bridgehead atoms. The number of rotatable bonds is 15. The molecule has 0 spiro atoms. The predicted molar refractivity (Wildman–Crippen MR) is 146 cm³/mol. The lowest BCUT2D eigenvalue weighted by Crippen LogP contribution is -2.16. The molecule has 0 aliphatic carbocycles. The van der Waals surface area contributed by atoms with Gasteiger partial charge in [-0.3, -0.25) is 9.98 Å². The van der Waals surface area contributed by atoms with Crippen molar-refractivity contribution in [1.82, 2.24) is 0 Å². The van der Waals surface area contributed by atoms with Gasteiger partial charge in [-0.15, -0.1) is 0 Å². The molecular formula is C29H39FN4O. The third kappa shape index (κ3) is 10.7. The van der Waals surface area contributed by atoms with Gasteiger partial charge in [-0.25, -0.2) is 4.39 Å². The van der Waals surface area contributed by atoms with Gasteiger partial charge in [0.25, 0.3) is 0 Å². The number of hydrogen-bond donors (Lipinski definition) is 1. The van der Waals surface area contributed by atoms with E-state index in [1.54, 1.807) is 24.3 Å². The molecule has 0 heterocycles. The first-order valence-electron chi connectivity index (χ1n) is 12.2. The molecule has 0 fully saturated rings. The second kappa shape index (κ2) is 16.3. The molecule has 35 heavy (non-hydrogen) atoms. The Balaban J connectivity index is 3.39. The Morgan fingerprint density at radius 2 is 1.91 bits per heavy atom. The lowest BCUT2D eigenvalue weighted by atomic mass is 10.0. The normalized spacial score (nSPS) is 13.9. The molecule has 5 nitrogen and oxygen atoms in total. The summed E-state index contributed by atoms with van der Waals surface area (Å²) in [6, 6.07) is 7.32. The van der Waals surface area contributed by atoms with Crippen LogP contribution >= 0.6 is 0 Å². The highest BCUT2D eigenvalue weighted by molar-refractivity contribution is 6.03. The van der Waals surface area contributed by atoms with E-state index in [4.69, 9.17) is 10.5 Å². The molecular weight excluding hydrogens is 439 g/mol. The van der Waals surface area contributed by atoms with Gasteiger partial charge in [-0.05, 0) is 57.7 Å². The molecule has 1 aromatic rings. The quantitative estimate of drug-likeness (QED) is 0.162. The maximum Gasteiger partial charge on any atom is 0.139 e. The second-order valence-electron chi connectivity index (χ2n) is 8.34. The van der Waals surface area contributed by atoms with Gasteiger partial charge in [0.1, 0.15) is 17.7 Å². The third-order valence-corrected chi connectivity index (χ3v) is 5.23. The summed E-state index contributed by atoms with van der Waals surface area (Å²) in [7, 11) is 0. The van der Waals surface area contributed by atoms with Crippen molar-refractivity contribution in [3.05, 3.63) is 77.9 Å². The lowest BCUT2D eigenvalue weighted by molar-refractivity contribution is 0.395. The molecule has 1 rings (SSSR count). The lowest BCUT2D eigenvalue weighted by Gasteiger charge is -2.14. The van der Waals surface area contributed by atoms with Crippen LogP contribution in [0.25, 0.3) is 0 Å². The number of hydrogen-bond acceptors (Lipinski definition) is 5. The maximum atomic E-state index is 14.1. The fourth-order valence-electron chi connectivity index (χ4n) is 3.30. The number of ether oxygens (including phenoxy) is 1. The number of benzene rings is 1. The first kappa shape index (κ1) is 29.7. The number of nitriles is 1. The van der Waals surface area contributed by atoms with Crippen molar-refractivity contribution in [3.63, 3.8) is 0 Å². The van der Waals surface area contributed by atoms with Gasteiger partial charge in [-0.1, -0.05) is 45.9 Å². The van der Waals surface area contributed by atoms with Gasteiger partial charge in [-0.2, -0.15) is 5.26 Å². The molecule has 0 aliphatic rings. The van der Waals surface area contributed by atoms with Crippen molar-refractivity contribution < 1.29 is 9.13 Å². The van der Waals surface area contributed by atoms with Crippen molar-refractivity contribution in [2.24, 2.45) is 15.7 Å². The summed E-state index contributed by atoms with van der Waals surface area (Å²) in [4.78, 5) is 9.19. The fourth-order valence-corrected chi connectivity index (χ4v) is 3.30. The molecule has 1 unspecified atom stereocenters. The minimum atomic E-state index is -1.34. The summed E-state index contributed by atoms with van der Waals surface area (Å²) in [6.07, 6.45) is 8.98. The van der Waals surface area contributed by atoms with E-state index in [1.807, 2.05) is 13.8 Å². The van der Waals surface area contributed by atoms with Crippen LogP contribution in [-0.2, 0) is 0 Å². The van der Waals surface area contributed by atoms with Crippen LogP contribution in [0.3, 0.4) is 0 Å². The molecule has 2 N–H and O–H groups in total. The van der Waals surface area contributed by atoms with Crippen molar-refractivity contribution in [2.45, 2.75) is 72.4 Å². The Bertz CT molecular complexity index is 1030. The molecule has 0 aromatic heterocycles. The highest BCUT2D eigenvalue weighted by Crippen LogP contribution is 2.26. The van der Waals surface area contributed by atoms with Gasteiger partial charge in [0, 0.05) is 41.4 Å². The summed E-state index contributed by atoms with van der Waals surface area (Å²) in [5.41, 5.74) is 9.52. The number of aliphatic imine (C=N–C) groups is 2. The third-order valence-electron chi connectivity index (χ3n) is 5.23. The van der Waals surface area contributed by atoms with E-state index in [1.165, 1.54) is 12.3 Å². The SMILES string of the molecule is C=C/C(=C\N=C(CCCC)c1ccc(C#N)cc1OC(=C)/C=C(/C)N=C(C)CCCC)C(F)CN. The average molecular weight is 479 g/mol. The summed E-state index contributed by atoms with van der Waals surface area (Å²) >= 11 is 0. The Kier molecular flexibility index (Phi) is 13.9. The number of nitrogens with zero attached hydrogens (tertiary/aromatic N) is 3. The van der Waals surface area contributed by atoms with Crippen LogP contribution in [0.5, 0.6) is 5.75 Å². The van der Waals surface area contributed by atoms with Crippen molar-refractivity contribution in [1.29, 1.82) is 5.26 Å². The van der Waals surface area contributed by atoms with Gasteiger partial charge >= 0.3 is 0 Å². The van der Waals surface area contributed by atoms with Crippen LogP contribution < -0.4 is 10.5 Å². The van der Waals surface area contributed by atoms with E-state index in [-0.39, 0.29) is 6.54 Å². The van der Waals surface area contributed by atoms with E-state index in [0.717, 1.165) is 54.8 Å². The molecule has 0 amide bonds. The largest absolute Gasteiger partial charge is 0.457 e. The zero-order chi connectivity index (χ0) is 26.2. The van der Waals surface area contributed by atoms with E-state index >= 15 is 0 Å². The summed E-state index contributed by atoms with van der Waals surface area (Å²) in [5, 5.41) is 9.42. The van der Waals surface area contributed by atoms with Gasteiger partial charge in [0.2, 0.25) is 0 Å². The highest BCUT2D eigenvalue weighted by atomic mass is 19.1. The topological polar surface area (TPSA) is 83.8 Å². The van der Waals surface area contributed by atoms with Crippen LogP contribution in [0, 0.1) is 11.3 Å². The smallest absolute Gasteiger partial charge is 0.139 e. The number of alkyl halides is 1. The Morgan fingerprint density at radius 1 is 1.23 bits per heavy atom. The average Bonchev–Trinajstić information content (AvgIpc) is 2.84. The molecule has 0 saturated heterocycles. The van der Waals surface area contributed by atoms with E-state index in [2.05, 4.69) is 43.1 Å². The minimum Gasteiger partial charge on any atom is -0.457 e. The number of nitrogens with two attached hydrogens (primary N) is 1. The molecule has 1 atom stereocenters. The van der Waals surface area contributed by atoms with Gasteiger partial charge in [0.15, 0.2) is 0 Å². The molecule has 188 valence electrons. The zero-order valence-electron chi connectivity index (χ0n) is 21.6. The Hall–Kier alpha value is -3.30. The number of allylic oxidation sites excluding steroid dienone is 3. The Labute approximate surface area is 210 Å². The summed E-state index contributed by atoms with van der Waals surface area (Å²) in [5.74, 6) is 0.860. The summed E-state index contributed by atoms with van der Waals surface area (Å²) < 4.78 is 20.2. The highest BCUT2D eigenvalue weighted by Gasteiger charge is 2.14. The molecule has 1 aromatic carbocycles. The van der Waals surface area contributed by atoms with Crippen molar-refractivity contribution >= 4 is 11.4 Å². The Morgan fingerprint density at radius 3 is 2.51 bits per heavy atom. The van der Waals surface area contributed by atoms with E-state index in [0.29, 0.717) is 29.1 Å². The molecule has 0 aliphatic heterocycles. The van der Waals surface area contributed by atoms with Crippen LogP contribution in [0.2, 0.25) is 0 Å². The van der Waals surface area contributed by atoms with Crippen LogP contribution in [-0.4, -0.2) is 24.1 Å². The maximum absolute atomic E-state index is 14.1. The van der Waals surface area contributed by atoms with Gasteiger partial charge in [0.05, 0.1) is 17.3 Å². The molecule has 6 heteroatoms. The standard InChI is InChI=1S/C29H39FN4O/c1-7-10-12-21(4)34-22(5)16-23(6)35-29-17-24(18-31)14-15-26(29)28(13-11-8-2)33-20-25(9-3)27(30)19-32/h9,14-17,20,27H,3,6-8,10-13,19,32H2,1-2,4-5H3/b22-16-,25-20+,33-28?,34-21?. The summed E-state index contributed by atoms with van der Waals surface area (Å²) in [6.45, 7) is 15.7. The zero-order valence-corrected chi connectivity index (χ0v) is 21.6. The van der Waals surface area contributed by atoms with Crippen LogP contribution in [0.15, 0.2) is 76.7 Å². The van der Waals surface area contributed by atoms with Crippen molar-refractivity contribution in [3.8, 4) is 11.8 Å². The number of halogens is 1. The second-order valence-corrected chi connectivity index (χ2v) is 8.34. The first-order chi connectivity index (χ1) is 16.8. The molecule has 0 radical (unpaired) electrons. The monoisotopic (exact) mass is 478 g/mol. The first-order valence-corrected chi connectivity index (χ1v) is 12.2. The minimum absolute atomic E-state index is 0.144. The van der Waals surface area contributed by atoms with Crippen LogP contribution in [0.1, 0.15) is 77.3 Å². The van der Waals surface area contributed by atoms with E-state index < -0.39 is 6.17 Å². The van der Waals surface area contributed by atoms with Gasteiger partial charge < -0.3 is 10.5 Å². The number of unbranched alkanes of at least 4 members (excludes halogenated alkanes) is 2. The van der Waals surface area contributed by atoms with Crippen LogP contribution in [0.4, 0.5) is 4.39 Å².